The van der Waals surface area contributed by atoms with Gasteiger partial charge in [0.2, 0.25) is 10.0 Å². The molecule has 0 fully saturated rings. The first-order chi connectivity index (χ1) is 9.74. The lowest BCUT2D eigenvalue weighted by atomic mass is 10.2. The molecule has 0 spiro atoms. The molecular weight excluding hydrogens is 298 g/mol. The summed E-state index contributed by atoms with van der Waals surface area (Å²) in [6.07, 6.45) is 0.982. The van der Waals surface area contributed by atoms with Crippen molar-refractivity contribution in [2.45, 2.75) is 13.0 Å². The van der Waals surface area contributed by atoms with Gasteiger partial charge in [-0.3, -0.25) is 9.52 Å². The molecule has 1 aromatic carbocycles. The lowest BCUT2D eigenvalue weighted by Crippen LogP contribution is -2.43. The third kappa shape index (κ3) is 5.40. The van der Waals surface area contributed by atoms with Gasteiger partial charge in [0.25, 0.3) is 5.91 Å². The molecule has 0 radical (unpaired) electrons. The van der Waals surface area contributed by atoms with E-state index in [-0.39, 0.29) is 18.0 Å². The van der Waals surface area contributed by atoms with Gasteiger partial charge in [0.05, 0.1) is 24.2 Å². The van der Waals surface area contributed by atoms with Crippen LogP contribution in [0.1, 0.15) is 6.92 Å². The first-order valence-electron chi connectivity index (χ1n) is 6.04. The van der Waals surface area contributed by atoms with Crippen LogP contribution in [-0.4, -0.2) is 39.2 Å². The molecule has 1 unspecified atom stereocenters. The first-order valence-corrected chi connectivity index (χ1v) is 7.93. The van der Waals surface area contributed by atoms with Gasteiger partial charge in [-0.1, -0.05) is 12.1 Å². The van der Waals surface area contributed by atoms with Gasteiger partial charge < -0.3 is 15.8 Å². The summed E-state index contributed by atoms with van der Waals surface area (Å²) < 4.78 is 29.4. The summed E-state index contributed by atoms with van der Waals surface area (Å²) in [4.78, 5) is 23.2. The predicted octanol–water partition coefficient (Wildman–Crippen LogP) is -0.113. The first kappa shape index (κ1) is 16.9. The fourth-order valence-electron chi connectivity index (χ4n) is 1.43. The Morgan fingerprint density at radius 3 is 2.38 bits per heavy atom. The summed E-state index contributed by atoms with van der Waals surface area (Å²) in [6.45, 7) is 1.69. The molecule has 8 nitrogen and oxygen atoms in total. The minimum atomic E-state index is -3.50. The number of rotatable bonds is 6. The van der Waals surface area contributed by atoms with Crippen molar-refractivity contribution < 1.29 is 22.7 Å². The van der Waals surface area contributed by atoms with E-state index in [2.05, 4.69) is 14.8 Å². The van der Waals surface area contributed by atoms with Crippen molar-refractivity contribution in [1.82, 2.24) is 0 Å². The van der Waals surface area contributed by atoms with E-state index >= 15 is 0 Å². The Balaban J connectivity index is 2.88. The molecule has 0 bridgehead atoms. The van der Waals surface area contributed by atoms with Crippen LogP contribution in [0.3, 0.4) is 0 Å². The molecule has 1 amide bonds. The van der Waals surface area contributed by atoms with Crippen molar-refractivity contribution in [3.8, 4) is 0 Å². The summed E-state index contributed by atoms with van der Waals surface area (Å²) in [5.41, 5.74) is 5.81. The third-order valence-corrected chi connectivity index (χ3v) is 2.89. The van der Waals surface area contributed by atoms with E-state index in [1.807, 2.05) is 0 Å². The molecule has 116 valence electrons. The van der Waals surface area contributed by atoms with Gasteiger partial charge in [0.1, 0.15) is 0 Å². The van der Waals surface area contributed by atoms with Crippen LogP contribution in [0.2, 0.25) is 0 Å². The zero-order valence-electron chi connectivity index (χ0n) is 11.6. The van der Waals surface area contributed by atoms with E-state index in [0.29, 0.717) is 0 Å². The molecule has 0 aliphatic rings. The number of carbonyl (C=O) groups is 2. The highest BCUT2D eigenvalue weighted by Crippen LogP contribution is 2.21. The van der Waals surface area contributed by atoms with Gasteiger partial charge in [-0.15, -0.1) is 0 Å². The van der Waals surface area contributed by atoms with Crippen LogP contribution < -0.4 is 15.8 Å². The van der Waals surface area contributed by atoms with E-state index in [0.717, 1.165) is 6.26 Å². The van der Waals surface area contributed by atoms with Crippen LogP contribution in [0.5, 0.6) is 0 Å². The molecule has 21 heavy (non-hydrogen) atoms. The second kappa shape index (κ2) is 7.04. The normalized spacial score (nSPS) is 12.3. The average molecular weight is 315 g/mol. The minimum Gasteiger partial charge on any atom is -0.464 e. The number of hydrogen-bond acceptors (Lipinski definition) is 6. The van der Waals surface area contributed by atoms with E-state index in [1.165, 1.54) is 12.1 Å². The molecule has 0 aliphatic carbocycles. The highest BCUT2D eigenvalue weighted by atomic mass is 32.2. The number of amides is 1. The van der Waals surface area contributed by atoms with Gasteiger partial charge in [-0.25, -0.2) is 13.2 Å². The van der Waals surface area contributed by atoms with E-state index < -0.39 is 27.9 Å². The number of nitrogens with two attached hydrogens (primary N) is 1. The number of ether oxygens (including phenoxy) is 1. The summed E-state index contributed by atoms with van der Waals surface area (Å²) in [5.74, 6) is -1.65. The molecule has 0 saturated carbocycles. The van der Waals surface area contributed by atoms with Crippen LogP contribution in [0.4, 0.5) is 11.4 Å². The van der Waals surface area contributed by atoms with Gasteiger partial charge in [0.15, 0.2) is 6.04 Å². The number of sulfonamides is 1. The molecule has 1 atom stereocenters. The SMILES string of the molecule is CCOC(=O)C(N)C(=O)Nc1ccccc1NS(C)(=O)=O. The summed E-state index contributed by atoms with van der Waals surface area (Å²) in [6, 6.07) is 4.64. The van der Waals surface area contributed by atoms with E-state index in [1.54, 1.807) is 19.1 Å². The third-order valence-electron chi connectivity index (χ3n) is 2.30. The Morgan fingerprint density at radius 2 is 1.86 bits per heavy atom. The topological polar surface area (TPSA) is 128 Å². The van der Waals surface area contributed by atoms with Gasteiger partial charge in [-0.05, 0) is 19.1 Å². The van der Waals surface area contributed by atoms with Gasteiger partial charge in [0, 0.05) is 0 Å². The van der Waals surface area contributed by atoms with Crippen molar-refractivity contribution in [2.24, 2.45) is 5.73 Å². The summed E-state index contributed by atoms with van der Waals surface area (Å²) >= 11 is 0. The Labute approximate surface area is 122 Å². The van der Waals surface area contributed by atoms with Gasteiger partial charge >= 0.3 is 5.97 Å². The van der Waals surface area contributed by atoms with Gasteiger partial charge in [-0.2, -0.15) is 0 Å². The zero-order chi connectivity index (χ0) is 16.0. The molecule has 0 aliphatic heterocycles. The number of benzene rings is 1. The van der Waals surface area contributed by atoms with Crippen molar-refractivity contribution in [3.63, 3.8) is 0 Å². The zero-order valence-corrected chi connectivity index (χ0v) is 12.4. The quantitative estimate of drug-likeness (QED) is 0.496. The lowest BCUT2D eigenvalue weighted by Gasteiger charge is -2.14. The molecule has 1 rings (SSSR count). The smallest absolute Gasteiger partial charge is 0.332 e. The fraction of sp³-hybridized carbons (Fsp3) is 0.333. The Kier molecular flexibility index (Phi) is 5.68. The number of anilines is 2. The molecule has 0 saturated heterocycles. The van der Waals surface area contributed by atoms with Crippen molar-refractivity contribution in [3.05, 3.63) is 24.3 Å². The summed E-state index contributed by atoms with van der Waals surface area (Å²) in [7, 11) is -3.50. The van der Waals surface area contributed by atoms with Crippen LogP contribution in [0.25, 0.3) is 0 Å². The number of para-hydroxylation sites is 2. The van der Waals surface area contributed by atoms with Crippen LogP contribution in [0, 0.1) is 0 Å². The minimum absolute atomic E-state index is 0.103. The predicted molar refractivity (Wildman–Crippen MR) is 78.1 cm³/mol. The highest BCUT2D eigenvalue weighted by Gasteiger charge is 2.24. The Hall–Kier alpha value is -2.13. The van der Waals surface area contributed by atoms with Crippen molar-refractivity contribution >= 4 is 33.3 Å². The van der Waals surface area contributed by atoms with Crippen LogP contribution in [-0.2, 0) is 24.3 Å². The fourth-order valence-corrected chi connectivity index (χ4v) is 2.01. The summed E-state index contributed by atoms with van der Waals surface area (Å²) in [5, 5.41) is 2.38. The largest absolute Gasteiger partial charge is 0.464 e. The average Bonchev–Trinajstić information content (AvgIpc) is 2.38. The van der Waals surface area contributed by atoms with Crippen LogP contribution >= 0.6 is 0 Å². The van der Waals surface area contributed by atoms with Crippen LogP contribution in [0.15, 0.2) is 24.3 Å². The Bertz CT molecular complexity index is 630. The maximum atomic E-state index is 11.8. The van der Waals surface area contributed by atoms with E-state index in [4.69, 9.17) is 5.73 Å². The molecular formula is C12H17N3O5S. The maximum absolute atomic E-state index is 11.8. The molecule has 1 aromatic rings. The number of hydrogen-bond donors (Lipinski definition) is 3. The molecule has 4 N–H and O–H groups in total. The standard InChI is InChI=1S/C12H17N3O5S/c1-3-20-12(17)10(13)11(16)14-8-6-4-5-7-9(8)15-21(2,18)19/h4-7,10,15H,3,13H2,1-2H3,(H,14,16). The lowest BCUT2D eigenvalue weighted by molar-refractivity contribution is -0.146. The molecule has 0 heterocycles. The maximum Gasteiger partial charge on any atom is 0.332 e. The highest BCUT2D eigenvalue weighted by molar-refractivity contribution is 7.92. The number of nitrogens with one attached hydrogen (secondary N) is 2. The number of carbonyl (C=O) groups excluding carboxylic acids is 2. The second-order valence-electron chi connectivity index (χ2n) is 4.14. The Morgan fingerprint density at radius 1 is 1.29 bits per heavy atom. The monoisotopic (exact) mass is 315 g/mol. The van der Waals surface area contributed by atoms with Crippen molar-refractivity contribution in [1.29, 1.82) is 0 Å². The molecule has 9 heteroatoms. The van der Waals surface area contributed by atoms with E-state index in [9.17, 15) is 18.0 Å². The molecule has 0 aromatic heterocycles. The van der Waals surface area contributed by atoms with Crippen molar-refractivity contribution in [2.75, 3.05) is 22.9 Å². The second-order valence-corrected chi connectivity index (χ2v) is 5.89. The number of esters is 1.